The Kier molecular flexibility index (Phi) is 7.54. The van der Waals surface area contributed by atoms with Gasteiger partial charge in [0, 0.05) is 26.2 Å². The Hall–Kier alpha value is -3.22. The molecule has 0 N–H and O–H groups in total. The first-order chi connectivity index (χ1) is 14.6. The smallest absolute Gasteiger partial charge is 0.261 e. The van der Waals surface area contributed by atoms with Crippen molar-refractivity contribution in [3.05, 3.63) is 54.1 Å². The normalized spacial score (nSPS) is 14.1. The lowest BCUT2D eigenvalue weighted by molar-refractivity contribution is -0.131. The highest BCUT2D eigenvalue weighted by Crippen LogP contribution is 2.29. The second kappa shape index (κ2) is 10.5. The summed E-state index contributed by atoms with van der Waals surface area (Å²) in [7, 11) is 3.07. The number of rotatable bonds is 7. The van der Waals surface area contributed by atoms with Gasteiger partial charge in [-0.1, -0.05) is 24.3 Å². The van der Waals surface area contributed by atoms with Crippen molar-refractivity contribution in [2.75, 3.05) is 47.0 Å². The van der Waals surface area contributed by atoms with Gasteiger partial charge in [0.1, 0.15) is 22.8 Å². The summed E-state index contributed by atoms with van der Waals surface area (Å²) in [6.07, 6.45) is 1.03. The number of ether oxygens (including phenoxy) is 3. The lowest BCUT2D eigenvalue weighted by atomic mass is 10.1. The summed E-state index contributed by atoms with van der Waals surface area (Å²) < 4.78 is 16.4. The molecule has 0 aliphatic carbocycles. The number of carbonyl (C=O) groups excluding carboxylic acids is 2. The molecule has 0 spiro atoms. The average Bonchev–Trinajstić information content (AvgIpc) is 3.05. The predicted octanol–water partition coefficient (Wildman–Crippen LogP) is 2.85. The van der Waals surface area contributed by atoms with Crippen LogP contribution in [0, 0.1) is 0 Å². The van der Waals surface area contributed by atoms with Gasteiger partial charge in [-0.2, -0.15) is 0 Å². The fraction of sp³-hybridized carbons (Fsp3) is 0.391. The second-order valence-electron chi connectivity index (χ2n) is 6.98. The molecule has 2 aromatic carbocycles. The van der Waals surface area contributed by atoms with Crippen LogP contribution in [-0.4, -0.2) is 68.6 Å². The zero-order valence-electron chi connectivity index (χ0n) is 17.5. The van der Waals surface area contributed by atoms with Gasteiger partial charge in [-0.25, -0.2) is 0 Å². The molecule has 0 radical (unpaired) electrons. The molecule has 1 heterocycles. The van der Waals surface area contributed by atoms with Gasteiger partial charge in [0.05, 0.1) is 27.2 Å². The summed E-state index contributed by atoms with van der Waals surface area (Å²) >= 11 is 0. The van der Waals surface area contributed by atoms with Crippen molar-refractivity contribution in [1.82, 2.24) is 9.80 Å². The molecule has 1 saturated heterocycles. The van der Waals surface area contributed by atoms with E-state index in [0.29, 0.717) is 62.7 Å². The lowest BCUT2D eigenvalue weighted by Crippen LogP contribution is -2.38. The van der Waals surface area contributed by atoms with Crippen LogP contribution in [0.1, 0.15) is 23.2 Å². The van der Waals surface area contributed by atoms with Crippen molar-refractivity contribution in [2.45, 2.75) is 12.8 Å². The van der Waals surface area contributed by atoms with E-state index in [9.17, 15) is 9.59 Å². The largest absolute Gasteiger partial charge is 0.496 e. The number of methoxy groups -OCH3 is 2. The van der Waals surface area contributed by atoms with Crippen molar-refractivity contribution in [3.8, 4) is 17.2 Å². The van der Waals surface area contributed by atoms with Crippen LogP contribution in [0.3, 0.4) is 0 Å². The summed E-state index contributed by atoms with van der Waals surface area (Å²) in [5.74, 6) is 1.61. The standard InChI is InChI=1S/C23H28N2O5/c1-28-19-10-6-11-20(29-2)22(19)23(27)25-14-7-13-24(15-16-25)21(26)12-17-30-18-8-4-3-5-9-18/h3-6,8-11H,7,12-17H2,1-2H3. The van der Waals surface area contributed by atoms with E-state index in [0.717, 1.165) is 5.75 Å². The maximum Gasteiger partial charge on any atom is 0.261 e. The predicted molar refractivity (Wildman–Crippen MR) is 113 cm³/mol. The molecular weight excluding hydrogens is 384 g/mol. The van der Waals surface area contributed by atoms with E-state index in [1.807, 2.05) is 30.3 Å². The van der Waals surface area contributed by atoms with Crippen molar-refractivity contribution < 1.29 is 23.8 Å². The molecular formula is C23H28N2O5. The van der Waals surface area contributed by atoms with Crippen molar-refractivity contribution in [3.63, 3.8) is 0 Å². The summed E-state index contributed by atoms with van der Waals surface area (Å²) in [5, 5.41) is 0. The maximum atomic E-state index is 13.2. The minimum atomic E-state index is -0.147. The third kappa shape index (κ3) is 5.23. The topological polar surface area (TPSA) is 68.3 Å². The first-order valence-corrected chi connectivity index (χ1v) is 10.1. The minimum absolute atomic E-state index is 0.0371. The fourth-order valence-electron chi connectivity index (χ4n) is 3.52. The lowest BCUT2D eigenvalue weighted by Gasteiger charge is -2.23. The van der Waals surface area contributed by atoms with Gasteiger partial charge >= 0.3 is 0 Å². The van der Waals surface area contributed by atoms with Gasteiger partial charge in [0.15, 0.2) is 0 Å². The van der Waals surface area contributed by atoms with Gasteiger partial charge < -0.3 is 24.0 Å². The number of para-hydroxylation sites is 1. The summed E-state index contributed by atoms with van der Waals surface area (Å²) in [6, 6.07) is 14.7. The highest BCUT2D eigenvalue weighted by atomic mass is 16.5. The Bertz CT molecular complexity index is 834. The maximum absolute atomic E-state index is 13.2. The van der Waals surface area contributed by atoms with Crippen LogP contribution in [0.2, 0.25) is 0 Å². The molecule has 1 aliphatic heterocycles. The highest BCUT2D eigenvalue weighted by molar-refractivity contribution is 5.99. The van der Waals surface area contributed by atoms with E-state index in [1.54, 1.807) is 28.0 Å². The third-order valence-electron chi connectivity index (χ3n) is 5.11. The fourth-order valence-corrected chi connectivity index (χ4v) is 3.52. The number of carbonyl (C=O) groups is 2. The molecule has 1 aliphatic rings. The van der Waals surface area contributed by atoms with E-state index in [2.05, 4.69) is 0 Å². The Balaban J connectivity index is 1.57. The van der Waals surface area contributed by atoms with Crippen LogP contribution in [0.5, 0.6) is 17.2 Å². The Morgan fingerprint density at radius 3 is 2.13 bits per heavy atom. The molecule has 160 valence electrons. The second-order valence-corrected chi connectivity index (χ2v) is 6.98. The zero-order chi connectivity index (χ0) is 21.3. The van der Waals surface area contributed by atoms with Crippen LogP contribution in [0.15, 0.2) is 48.5 Å². The molecule has 0 unspecified atom stereocenters. The van der Waals surface area contributed by atoms with Gasteiger partial charge in [-0.05, 0) is 30.7 Å². The average molecular weight is 412 g/mol. The molecule has 2 aromatic rings. The summed E-state index contributed by atoms with van der Waals surface area (Å²) in [4.78, 5) is 29.3. The highest BCUT2D eigenvalue weighted by Gasteiger charge is 2.27. The third-order valence-corrected chi connectivity index (χ3v) is 5.11. The molecule has 0 aromatic heterocycles. The van der Waals surface area contributed by atoms with Crippen molar-refractivity contribution in [2.24, 2.45) is 0 Å². The van der Waals surface area contributed by atoms with E-state index in [1.165, 1.54) is 14.2 Å². The monoisotopic (exact) mass is 412 g/mol. The van der Waals surface area contributed by atoms with Crippen molar-refractivity contribution >= 4 is 11.8 Å². The van der Waals surface area contributed by atoms with Crippen LogP contribution >= 0.6 is 0 Å². The van der Waals surface area contributed by atoms with Crippen LogP contribution in [-0.2, 0) is 4.79 Å². The van der Waals surface area contributed by atoms with Crippen LogP contribution < -0.4 is 14.2 Å². The van der Waals surface area contributed by atoms with Gasteiger partial charge in [-0.3, -0.25) is 9.59 Å². The SMILES string of the molecule is COc1cccc(OC)c1C(=O)N1CCCN(C(=O)CCOc2ccccc2)CC1. The van der Waals surface area contributed by atoms with E-state index in [4.69, 9.17) is 14.2 Å². The van der Waals surface area contributed by atoms with Crippen LogP contribution in [0.4, 0.5) is 0 Å². The molecule has 3 rings (SSSR count). The molecule has 2 amide bonds. The first-order valence-electron chi connectivity index (χ1n) is 10.1. The summed E-state index contributed by atoms with van der Waals surface area (Å²) in [6.45, 7) is 2.49. The Morgan fingerprint density at radius 2 is 1.47 bits per heavy atom. The number of hydrogen-bond acceptors (Lipinski definition) is 5. The zero-order valence-corrected chi connectivity index (χ0v) is 17.5. The molecule has 7 heteroatoms. The van der Waals surface area contributed by atoms with Crippen LogP contribution in [0.25, 0.3) is 0 Å². The first kappa shape index (κ1) is 21.5. The number of benzene rings is 2. The van der Waals surface area contributed by atoms with E-state index < -0.39 is 0 Å². The number of amides is 2. The van der Waals surface area contributed by atoms with Gasteiger partial charge in [0.2, 0.25) is 5.91 Å². The van der Waals surface area contributed by atoms with Gasteiger partial charge in [0.25, 0.3) is 5.91 Å². The molecule has 0 bridgehead atoms. The quantitative estimate of drug-likeness (QED) is 0.700. The molecule has 7 nitrogen and oxygen atoms in total. The van der Waals surface area contributed by atoms with Gasteiger partial charge in [-0.15, -0.1) is 0 Å². The number of nitrogens with zero attached hydrogens (tertiary/aromatic N) is 2. The Morgan fingerprint density at radius 1 is 0.833 bits per heavy atom. The molecule has 0 atom stereocenters. The van der Waals surface area contributed by atoms with E-state index >= 15 is 0 Å². The Labute approximate surface area is 177 Å². The molecule has 1 fully saturated rings. The summed E-state index contributed by atoms with van der Waals surface area (Å²) in [5.41, 5.74) is 0.415. The van der Waals surface area contributed by atoms with E-state index in [-0.39, 0.29) is 11.8 Å². The molecule has 0 saturated carbocycles. The number of hydrogen-bond donors (Lipinski definition) is 0. The minimum Gasteiger partial charge on any atom is -0.496 e. The molecule has 30 heavy (non-hydrogen) atoms. The van der Waals surface area contributed by atoms with Crippen molar-refractivity contribution in [1.29, 1.82) is 0 Å².